The van der Waals surface area contributed by atoms with E-state index in [1.54, 1.807) is 19.2 Å². The Labute approximate surface area is 128 Å². The number of ether oxygens (including phenoxy) is 1. The van der Waals surface area contributed by atoms with Gasteiger partial charge in [0.1, 0.15) is 11.6 Å². The van der Waals surface area contributed by atoms with E-state index in [0.29, 0.717) is 12.0 Å². The van der Waals surface area contributed by atoms with Crippen molar-refractivity contribution in [3.05, 3.63) is 64.4 Å². The number of hydrogen-bond donors (Lipinski definition) is 2. The van der Waals surface area contributed by atoms with Crippen molar-refractivity contribution in [1.82, 2.24) is 5.43 Å². The topological polar surface area (TPSA) is 47.3 Å². The van der Waals surface area contributed by atoms with Crippen LogP contribution in [-0.2, 0) is 6.42 Å². The van der Waals surface area contributed by atoms with Gasteiger partial charge in [-0.15, -0.1) is 0 Å². The molecule has 1 atom stereocenters. The summed E-state index contributed by atoms with van der Waals surface area (Å²) < 4.78 is 19.1. The standard InChI is InChI=1S/C16H18ClFN2O/c1-21-12-8-5-11(6-9-12)7-10-15(20-19)13-3-2-4-14(17)16(13)18/h2-6,8-9,15,20H,7,10,19H2,1H3. The second-order valence-corrected chi connectivity index (χ2v) is 5.16. The monoisotopic (exact) mass is 308 g/mol. The number of hydrazine groups is 1. The number of aryl methyl sites for hydroxylation is 1. The first-order chi connectivity index (χ1) is 10.2. The minimum atomic E-state index is -0.420. The Kier molecular flexibility index (Phi) is 5.56. The van der Waals surface area contributed by atoms with E-state index in [9.17, 15) is 4.39 Å². The highest BCUT2D eigenvalue weighted by Gasteiger charge is 2.16. The third-order valence-corrected chi connectivity index (χ3v) is 3.73. The molecule has 2 aromatic carbocycles. The highest BCUT2D eigenvalue weighted by atomic mass is 35.5. The molecule has 0 radical (unpaired) electrons. The van der Waals surface area contributed by atoms with Crippen LogP contribution in [0.3, 0.4) is 0 Å². The lowest BCUT2D eigenvalue weighted by molar-refractivity contribution is 0.414. The fourth-order valence-corrected chi connectivity index (χ4v) is 2.40. The number of methoxy groups -OCH3 is 1. The number of benzene rings is 2. The van der Waals surface area contributed by atoms with Crippen molar-refractivity contribution in [3.8, 4) is 5.75 Å². The maximum absolute atomic E-state index is 14.0. The van der Waals surface area contributed by atoms with Crippen LogP contribution in [0, 0.1) is 5.82 Å². The lowest BCUT2D eigenvalue weighted by Crippen LogP contribution is -2.29. The summed E-state index contributed by atoms with van der Waals surface area (Å²) in [7, 11) is 1.63. The lowest BCUT2D eigenvalue weighted by atomic mass is 9.99. The van der Waals surface area contributed by atoms with Gasteiger partial charge in [-0.25, -0.2) is 4.39 Å². The van der Waals surface area contributed by atoms with Gasteiger partial charge in [-0.3, -0.25) is 11.3 Å². The highest BCUT2D eigenvalue weighted by Crippen LogP contribution is 2.26. The van der Waals surface area contributed by atoms with Gasteiger partial charge >= 0.3 is 0 Å². The fourth-order valence-electron chi connectivity index (χ4n) is 2.22. The largest absolute Gasteiger partial charge is 0.497 e. The first-order valence-electron chi connectivity index (χ1n) is 6.68. The molecule has 0 aliphatic rings. The van der Waals surface area contributed by atoms with Gasteiger partial charge < -0.3 is 4.74 Å². The molecule has 2 aromatic rings. The van der Waals surface area contributed by atoms with Crippen LogP contribution in [0.15, 0.2) is 42.5 Å². The lowest BCUT2D eigenvalue weighted by Gasteiger charge is -2.17. The van der Waals surface area contributed by atoms with E-state index in [1.807, 2.05) is 24.3 Å². The van der Waals surface area contributed by atoms with Crippen molar-refractivity contribution in [1.29, 1.82) is 0 Å². The van der Waals surface area contributed by atoms with E-state index < -0.39 is 5.82 Å². The molecule has 0 saturated carbocycles. The van der Waals surface area contributed by atoms with Gasteiger partial charge in [0, 0.05) is 11.6 Å². The number of halogens is 2. The molecular formula is C16H18ClFN2O. The second-order valence-electron chi connectivity index (χ2n) is 4.75. The molecule has 2 rings (SSSR count). The molecule has 0 aromatic heterocycles. The minimum absolute atomic E-state index is 0.109. The van der Waals surface area contributed by atoms with Gasteiger partial charge in [0.25, 0.3) is 0 Å². The van der Waals surface area contributed by atoms with Crippen molar-refractivity contribution in [2.75, 3.05) is 7.11 Å². The Balaban J connectivity index is 2.06. The molecule has 112 valence electrons. The summed E-state index contributed by atoms with van der Waals surface area (Å²) >= 11 is 5.81. The van der Waals surface area contributed by atoms with Crippen molar-refractivity contribution >= 4 is 11.6 Å². The highest BCUT2D eigenvalue weighted by molar-refractivity contribution is 6.30. The second kappa shape index (κ2) is 7.41. The molecule has 3 nitrogen and oxygen atoms in total. The molecular weight excluding hydrogens is 291 g/mol. The molecule has 1 unspecified atom stereocenters. The van der Waals surface area contributed by atoms with Crippen molar-refractivity contribution in [2.45, 2.75) is 18.9 Å². The molecule has 0 saturated heterocycles. The smallest absolute Gasteiger partial charge is 0.146 e. The van der Waals surface area contributed by atoms with Gasteiger partial charge in [-0.2, -0.15) is 0 Å². The number of rotatable bonds is 6. The molecule has 5 heteroatoms. The van der Waals surface area contributed by atoms with E-state index in [0.717, 1.165) is 17.7 Å². The SMILES string of the molecule is COc1ccc(CCC(NN)c2cccc(Cl)c2F)cc1. The van der Waals surface area contributed by atoms with Crippen LogP contribution < -0.4 is 16.0 Å². The maximum Gasteiger partial charge on any atom is 0.146 e. The minimum Gasteiger partial charge on any atom is -0.497 e. The zero-order valence-corrected chi connectivity index (χ0v) is 12.5. The summed E-state index contributed by atoms with van der Waals surface area (Å²) in [6, 6.07) is 12.4. The van der Waals surface area contributed by atoms with Gasteiger partial charge in [0.15, 0.2) is 0 Å². The summed E-state index contributed by atoms with van der Waals surface area (Å²) in [6.45, 7) is 0. The van der Waals surface area contributed by atoms with E-state index in [4.69, 9.17) is 22.2 Å². The normalized spacial score (nSPS) is 12.2. The van der Waals surface area contributed by atoms with Gasteiger partial charge in [0.2, 0.25) is 0 Å². The van der Waals surface area contributed by atoms with E-state index >= 15 is 0 Å². The van der Waals surface area contributed by atoms with Crippen LogP contribution >= 0.6 is 11.6 Å². The van der Waals surface area contributed by atoms with Gasteiger partial charge in [-0.05, 0) is 36.6 Å². The van der Waals surface area contributed by atoms with Crippen LogP contribution in [-0.4, -0.2) is 7.11 Å². The van der Waals surface area contributed by atoms with Crippen LogP contribution in [0.2, 0.25) is 5.02 Å². The van der Waals surface area contributed by atoms with Crippen molar-refractivity contribution in [2.24, 2.45) is 5.84 Å². The number of nitrogens with two attached hydrogens (primary N) is 1. The summed E-state index contributed by atoms with van der Waals surface area (Å²) in [4.78, 5) is 0. The average Bonchev–Trinajstić information content (AvgIpc) is 2.52. The Morgan fingerprint density at radius 3 is 2.57 bits per heavy atom. The third kappa shape index (κ3) is 3.94. The molecule has 0 aliphatic heterocycles. The Bertz CT molecular complexity index is 589. The Hall–Kier alpha value is -1.62. The van der Waals surface area contributed by atoms with Crippen molar-refractivity contribution in [3.63, 3.8) is 0 Å². The van der Waals surface area contributed by atoms with E-state index in [2.05, 4.69) is 5.43 Å². The molecule has 0 amide bonds. The zero-order valence-electron chi connectivity index (χ0n) is 11.8. The van der Waals surface area contributed by atoms with Crippen LogP contribution in [0.25, 0.3) is 0 Å². The molecule has 21 heavy (non-hydrogen) atoms. The average molecular weight is 309 g/mol. The molecule has 0 aliphatic carbocycles. The Morgan fingerprint density at radius 2 is 1.95 bits per heavy atom. The molecule has 0 heterocycles. The summed E-state index contributed by atoms with van der Waals surface area (Å²) in [5, 5.41) is 0.109. The van der Waals surface area contributed by atoms with E-state index in [1.165, 1.54) is 6.07 Å². The zero-order chi connectivity index (χ0) is 15.2. The molecule has 0 spiro atoms. The van der Waals surface area contributed by atoms with Crippen LogP contribution in [0.5, 0.6) is 5.75 Å². The fraction of sp³-hybridized carbons (Fsp3) is 0.250. The number of hydrogen-bond acceptors (Lipinski definition) is 3. The maximum atomic E-state index is 14.0. The first-order valence-corrected chi connectivity index (χ1v) is 7.06. The predicted molar refractivity (Wildman–Crippen MR) is 82.8 cm³/mol. The third-order valence-electron chi connectivity index (χ3n) is 3.44. The number of nitrogens with one attached hydrogen (secondary N) is 1. The first kappa shape index (κ1) is 15.8. The van der Waals surface area contributed by atoms with E-state index in [-0.39, 0.29) is 11.1 Å². The molecule has 0 bridgehead atoms. The van der Waals surface area contributed by atoms with Crippen LogP contribution in [0.1, 0.15) is 23.6 Å². The van der Waals surface area contributed by atoms with Gasteiger partial charge in [-0.1, -0.05) is 35.9 Å². The molecule has 0 fully saturated rings. The predicted octanol–water partition coefficient (Wildman–Crippen LogP) is 3.62. The molecule has 3 N–H and O–H groups in total. The summed E-state index contributed by atoms with van der Waals surface area (Å²) in [5.41, 5.74) is 4.28. The Morgan fingerprint density at radius 1 is 1.24 bits per heavy atom. The quantitative estimate of drug-likeness (QED) is 0.633. The van der Waals surface area contributed by atoms with Crippen LogP contribution in [0.4, 0.5) is 4.39 Å². The summed E-state index contributed by atoms with van der Waals surface area (Å²) in [6.07, 6.45) is 1.44. The van der Waals surface area contributed by atoms with Crippen molar-refractivity contribution < 1.29 is 9.13 Å². The summed E-state index contributed by atoms with van der Waals surface area (Å²) in [5.74, 6) is 5.95. The van der Waals surface area contributed by atoms with Gasteiger partial charge in [0.05, 0.1) is 12.1 Å².